The average molecular weight is 295 g/mol. The molecular formula is C14H21NO2SSi. The van der Waals surface area contributed by atoms with Crippen molar-refractivity contribution in [1.82, 2.24) is 4.90 Å². The van der Waals surface area contributed by atoms with Crippen molar-refractivity contribution in [2.45, 2.75) is 31.2 Å². The lowest BCUT2D eigenvalue weighted by Crippen LogP contribution is -2.48. The lowest BCUT2D eigenvalue weighted by atomic mass is 10.2. The van der Waals surface area contributed by atoms with Crippen LogP contribution in [0.1, 0.15) is 5.56 Å². The van der Waals surface area contributed by atoms with Crippen LogP contribution in [0.15, 0.2) is 30.3 Å². The first-order valence-electron chi connectivity index (χ1n) is 6.57. The maximum atomic E-state index is 12.2. The Hall–Kier alpha value is -0.943. The first-order valence-corrected chi connectivity index (χ1v) is 11.2. The van der Waals surface area contributed by atoms with E-state index < -0.39 is 8.07 Å². The summed E-state index contributed by atoms with van der Waals surface area (Å²) >= 11 is 1.89. The molecule has 1 aliphatic heterocycles. The van der Waals surface area contributed by atoms with Gasteiger partial charge in [0.05, 0.1) is 13.1 Å². The van der Waals surface area contributed by atoms with Crippen LogP contribution in [-0.4, -0.2) is 36.4 Å². The van der Waals surface area contributed by atoms with E-state index in [0.717, 1.165) is 17.9 Å². The summed E-state index contributed by atoms with van der Waals surface area (Å²) in [5, 5.41) is 0. The van der Waals surface area contributed by atoms with E-state index in [1.165, 1.54) is 0 Å². The Kier molecular flexibility index (Phi) is 4.57. The standard InChI is InChI=1S/C14H21NO2SSi/c1-19(2,3)14-15(9-10-18-14)13(16)17-11-12-7-5-4-6-8-12/h4-8,14H,9-11H2,1-3H3. The largest absolute Gasteiger partial charge is 0.445 e. The predicted octanol–water partition coefficient (Wildman–Crippen LogP) is 3.58. The van der Waals surface area contributed by atoms with Crippen molar-refractivity contribution < 1.29 is 9.53 Å². The Balaban J connectivity index is 1.93. The number of nitrogens with zero attached hydrogens (tertiary/aromatic N) is 1. The highest BCUT2D eigenvalue weighted by Crippen LogP contribution is 2.31. The maximum Gasteiger partial charge on any atom is 0.410 e. The average Bonchev–Trinajstić information content (AvgIpc) is 2.86. The summed E-state index contributed by atoms with van der Waals surface area (Å²) in [6, 6.07) is 9.83. The molecule has 1 amide bonds. The van der Waals surface area contributed by atoms with Crippen LogP contribution in [-0.2, 0) is 11.3 Å². The molecular weight excluding hydrogens is 274 g/mol. The molecule has 1 fully saturated rings. The number of ether oxygens (including phenoxy) is 1. The molecule has 3 nitrogen and oxygen atoms in total. The second kappa shape index (κ2) is 6.01. The van der Waals surface area contributed by atoms with Gasteiger partial charge in [-0.1, -0.05) is 50.0 Å². The van der Waals surface area contributed by atoms with E-state index in [9.17, 15) is 4.79 Å². The molecule has 0 bridgehead atoms. The molecule has 5 heteroatoms. The zero-order valence-electron chi connectivity index (χ0n) is 11.8. The second-order valence-electron chi connectivity index (χ2n) is 5.82. The van der Waals surface area contributed by atoms with Gasteiger partial charge < -0.3 is 4.74 Å². The number of hydrogen-bond acceptors (Lipinski definition) is 3. The lowest BCUT2D eigenvalue weighted by Gasteiger charge is -2.31. The third kappa shape index (κ3) is 3.76. The van der Waals surface area contributed by atoms with E-state index >= 15 is 0 Å². The maximum absolute atomic E-state index is 12.2. The van der Waals surface area contributed by atoms with Crippen molar-refractivity contribution in [1.29, 1.82) is 0 Å². The van der Waals surface area contributed by atoms with Crippen LogP contribution in [0.5, 0.6) is 0 Å². The summed E-state index contributed by atoms with van der Waals surface area (Å²) in [7, 11) is -1.37. The number of hydrogen-bond donors (Lipinski definition) is 0. The Labute approximate surface area is 120 Å². The van der Waals surface area contributed by atoms with Crippen LogP contribution in [0.25, 0.3) is 0 Å². The van der Waals surface area contributed by atoms with Gasteiger partial charge in [0.15, 0.2) is 0 Å². The van der Waals surface area contributed by atoms with Crippen molar-refractivity contribution in [2.75, 3.05) is 12.3 Å². The number of benzene rings is 1. The zero-order valence-corrected chi connectivity index (χ0v) is 13.6. The van der Waals surface area contributed by atoms with E-state index in [0.29, 0.717) is 11.6 Å². The normalized spacial score (nSPS) is 19.5. The molecule has 2 rings (SSSR count). The monoisotopic (exact) mass is 295 g/mol. The van der Waals surface area contributed by atoms with Gasteiger partial charge in [-0.2, -0.15) is 0 Å². The van der Waals surface area contributed by atoms with E-state index in [1.54, 1.807) is 0 Å². The highest BCUT2D eigenvalue weighted by molar-refractivity contribution is 8.01. The second-order valence-corrected chi connectivity index (χ2v) is 12.7. The van der Waals surface area contributed by atoms with E-state index in [1.807, 2.05) is 47.0 Å². The molecule has 0 spiro atoms. The van der Waals surface area contributed by atoms with Gasteiger partial charge in [0.25, 0.3) is 0 Å². The predicted molar refractivity (Wildman–Crippen MR) is 82.9 cm³/mol. The molecule has 0 N–H and O–H groups in total. The minimum atomic E-state index is -1.37. The van der Waals surface area contributed by atoms with Gasteiger partial charge >= 0.3 is 6.09 Å². The number of amides is 1. The molecule has 1 aliphatic rings. The van der Waals surface area contributed by atoms with E-state index in [4.69, 9.17) is 4.74 Å². The molecule has 1 unspecified atom stereocenters. The first-order chi connectivity index (χ1) is 8.98. The Morgan fingerprint density at radius 1 is 1.37 bits per heavy atom. The van der Waals surface area contributed by atoms with Gasteiger partial charge in [0, 0.05) is 12.3 Å². The third-order valence-corrected chi connectivity index (χ3v) is 8.47. The number of thioether (sulfide) groups is 1. The smallest absolute Gasteiger partial charge is 0.410 e. The fourth-order valence-electron chi connectivity index (χ4n) is 2.18. The van der Waals surface area contributed by atoms with Gasteiger partial charge in [-0.05, 0) is 5.56 Å². The fraction of sp³-hybridized carbons (Fsp3) is 0.500. The molecule has 1 atom stereocenters. The fourth-order valence-corrected chi connectivity index (χ4v) is 6.60. The van der Waals surface area contributed by atoms with Crippen molar-refractivity contribution in [3.8, 4) is 0 Å². The van der Waals surface area contributed by atoms with Crippen LogP contribution < -0.4 is 0 Å². The molecule has 1 saturated heterocycles. The molecule has 0 saturated carbocycles. The molecule has 0 aliphatic carbocycles. The van der Waals surface area contributed by atoms with Crippen molar-refractivity contribution in [3.05, 3.63) is 35.9 Å². The van der Waals surface area contributed by atoms with Crippen LogP contribution >= 0.6 is 11.8 Å². The van der Waals surface area contributed by atoms with Crippen LogP contribution in [0.2, 0.25) is 19.6 Å². The molecule has 104 valence electrons. The van der Waals surface area contributed by atoms with E-state index in [2.05, 4.69) is 19.6 Å². The van der Waals surface area contributed by atoms with Gasteiger partial charge in [-0.25, -0.2) is 4.79 Å². The van der Waals surface area contributed by atoms with Gasteiger partial charge in [-0.15, -0.1) is 11.8 Å². The van der Waals surface area contributed by atoms with Crippen molar-refractivity contribution in [3.63, 3.8) is 0 Å². The minimum Gasteiger partial charge on any atom is -0.445 e. The number of carbonyl (C=O) groups excluding carboxylic acids is 1. The Morgan fingerprint density at radius 3 is 2.68 bits per heavy atom. The third-order valence-electron chi connectivity index (χ3n) is 3.07. The Morgan fingerprint density at radius 2 is 2.05 bits per heavy atom. The Bertz CT molecular complexity index is 433. The molecule has 1 aromatic rings. The van der Waals surface area contributed by atoms with Gasteiger partial charge in [0.1, 0.15) is 6.61 Å². The first kappa shape index (κ1) is 14.5. The number of rotatable bonds is 3. The number of carbonyl (C=O) groups is 1. The summed E-state index contributed by atoms with van der Waals surface area (Å²) in [4.78, 5) is 14.4. The molecule has 1 heterocycles. The zero-order chi connectivity index (χ0) is 13.9. The highest BCUT2D eigenvalue weighted by atomic mass is 32.2. The summed E-state index contributed by atoms with van der Waals surface area (Å²) in [5.41, 5.74) is 1.03. The SMILES string of the molecule is C[Si](C)(C)C1SCCN1C(=O)OCc1ccccc1. The lowest BCUT2D eigenvalue weighted by molar-refractivity contribution is 0.103. The molecule has 0 aromatic heterocycles. The highest BCUT2D eigenvalue weighted by Gasteiger charge is 2.39. The molecule has 0 radical (unpaired) electrons. The van der Waals surface area contributed by atoms with Crippen molar-refractivity contribution in [2.24, 2.45) is 0 Å². The summed E-state index contributed by atoms with van der Waals surface area (Å²) in [6.07, 6.45) is -0.165. The van der Waals surface area contributed by atoms with Crippen LogP contribution in [0.3, 0.4) is 0 Å². The van der Waals surface area contributed by atoms with Crippen LogP contribution in [0, 0.1) is 0 Å². The summed E-state index contributed by atoms with van der Waals surface area (Å²) in [6.45, 7) is 8.07. The molecule has 19 heavy (non-hydrogen) atoms. The quantitative estimate of drug-likeness (QED) is 0.798. The van der Waals surface area contributed by atoms with Crippen LogP contribution in [0.4, 0.5) is 4.79 Å². The minimum absolute atomic E-state index is 0.165. The summed E-state index contributed by atoms with van der Waals surface area (Å²) in [5.74, 6) is 1.02. The molecule has 1 aromatic carbocycles. The van der Waals surface area contributed by atoms with E-state index in [-0.39, 0.29) is 6.09 Å². The van der Waals surface area contributed by atoms with Crippen molar-refractivity contribution >= 4 is 25.9 Å². The van der Waals surface area contributed by atoms with Gasteiger partial charge in [-0.3, -0.25) is 4.90 Å². The topological polar surface area (TPSA) is 29.5 Å². The van der Waals surface area contributed by atoms with Gasteiger partial charge in [0.2, 0.25) is 0 Å². The summed E-state index contributed by atoms with van der Waals surface area (Å²) < 4.78 is 5.43.